The van der Waals surface area contributed by atoms with Gasteiger partial charge in [0.1, 0.15) is 0 Å². The van der Waals surface area contributed by atoms with Gasteiger partial charge >= 0.3 is 0 Å². The van der Waals surface area contributed by atoms with E-state index < -0.39 is 0 Å². The van der Waals surface area contributed by atoms with Gasteiger partial charge in [-0.2, -0.15) is 10.2 Å². The highest BCUT2D eigenvalue weighted by Gasteiger charge is 2.02. The molecular weight excluding hydrogens is 376 g/mol. The lowest BCUT2D eigenvalue weighted by Crippen LogP contribution is -2.17. The first kappa shape index (κ1) is 23.0. The first-order chi connectivity index (χ1) is 14.6. The highest BCUT2D eigenvalue weighted by Crippen LogP contribution is 2.06. The molecule has 0 aliphatic carbocycles. The van der Waals surface area contributed by atoms with Crippen molar-refractivity contribution < 1.29 is 9.59 Å². The number of carbonyl (C=O) groups excluding carboxylic acids is 2. The number of nitrogens with zero attached hydrogens (tertiary/aromatic N) is 2. The molecule has 2 aromatic carbocycles. The van der Waals surface area contributed by atoms with E-state index in [2.05, 4.69) is 21.1 Å². The molecule has 0 saturated carbocycles. The van der Waals surface area contributed by atoms with Gasteiger partial charge in [0, 0.05) is 12.8 Å². The third-order valence-corrected chi connectivity index (χ3v) is 4.72. The van der Waals surface area contributed by atoms with Gasteiger partial charge in [-0.3, -0.25) is 9.59 Å². The number of carbonyl (C=O) groups is 2. The van der Waals surface area contributed by atoms with E-state index in [9.17, 15) is 9.59 Å². The molecule has 0 radical (unpaired) electrons. The average Bonchev–Trinajstić information content (AvgIpc) is 2.73. The molecule has 2 N–H and O–H groups in total. The Morgan fingerprint density at radius 3 is 1.50 bits per heavy atom. The van der Waals surface area contributed by atoms with Gasteiger partial charge in [-0.05, 0) is 48.9 Å². The number of hydrogen-bond acceptors (Lipinski definition) is 4. The Labute approximate surface area is 178 Å². The van der Waals surface area contributed by atoms with E-state index in [1.165, 1.54) is 0 Å². The molecule has 0 aliphatic heterocycles. The maximum absolute atomic E-state index is 11.8. The number of rotatable bonds is 11. The topological polar surface area (TPSA) is 82.9 Å². The summed E-state index contributed by atoms with van der Waals surface area (Å²) in [5.41, 5.74) is 9.31. The Hall–Kier alpha value is -3.28. The zero-order valence-corrected chi connectivity index (χ0v) is 17.7. The maximum Gasteiger partial charge on any atom is 0.240 e. The lowest BCUT2D eigenvalue weighted by molar-refractivity contribution is -0.122. The van der Waals surface area contributed by atoms with Gasteiger partial charge in [-0.15, -0.1) is 0 Å². The summed E-state index contributed by atoms with van der Waals surface area (Å²) < 4.78 is 0. The number of nitrogens with one attached hydrogen (secondary N) is 2. The smallest absolute Gasteiger partial charge is 0.240 e. The zero-order chi connectivity index (χ0) is 21.6. The van der Waals surface area contributed by atoms with Crippen LogP contribution in [0, 0.1) is 13.8 Å². The lowest BCUT2D eigenvalue weighted by atomic mass is 10.1. The lowest BCUT2D eigenvalue weighted by Gasteiger charge is -2.02. The number of amides is 2. The summed E-state index contributed by atoms with van der Waals surface area (Å²) in [5.74, 6) is -0.189. The van der Waals surface area contributed by atoms with Crippen molar-refractivity contribution in [3.8, 4) is 0 Å². The molecule has 0 heterocycles. The second-order valence-electron chi connectivity index (χ2n) is 7.21. The van der Waals surface area contributed by atoms with Gasteiger partial charge < -0.3 is 0 Å². The van der Waals surface area contributed by atoms with Crippen molar-refractivity contribution in [1.29, 1.82) is 0 Å². The summed E-state index contributed by atoms with van der Waals surface area (Å²) in [4.78, 5) is 23.6. The number of hydrazone groups is 2. The number of benzene rings is 2. The second kappa shape index (κ2) is 13.0. The molecule has 6 heteroatoms. The fraction of sp³-hybridized carbons (Fsp3) is 0.333. The van der Waals surface area contributed by atoms with Crippen molar-refractivity contribution in [1.82, 2.24) is 10.9 Å². The highest BCUT2D eigenvalue weighted by atomic mass is 16.2. The van der Waals surface area contributed by atoms with Crippen molar-refractivity contribution in [2.24, 2.45) is 10.2 Å². The summed E-state index contributed by atoms with van der Waals surface area (Å²) >= 11 is 0. The summed E-state index contributed by atoms with van der Waals surface area (Å²) in [6, 6.07) is 15.7. The minimum atomic E-state index is -0.0943. The summed E-state index contributed by atoms with van der Waals surface area (Å²) in [6.07, 6.45) is 7.53. The van der Waals surface area contributed by atoms with Crippen LogP contribution >= 0.6 is 0 Å². The molecular formula is C24H30N4O2. The second-order valence-corrected chi connectivity index (χ2v) is 7.21. The number of aryl methyl sites for hydroxylation is 2. The van der Waals surface area contributed by atoms with Crippen LogP contribution < -0.4 is 10.9 Å². The Kier molecular flexibility index (Phi) is 10.00. The fourth-order valence-electron chi connectivity index (χ4n) is 2.85. The minimum absolute atomic E-state index is 0.0943. The molecule has 2 rings (SSSR count). The van der Waals surface area contributed by atoms with Crippen LogP contribution in [0.3, 0.4) is 0 Å². The standard InChI is InChI=1S/C24H30N4O2/c1-19-11-7-9-13-21(19)17-25-27-23(29)15-5-3-4-6-16-24(30)28-26-18-22-14-10-8-12-20(22)2/h7-14,17-18H,3-6,15-16H2,1-2H3,(H,27,29)(H,28,30). The van der Waals surface area contributed by atoms with Crippen LogP contribution in [-0.4, -0.2) is 24.2 Å². The Morgan fingerprint density at radius 1 is 0.700 bits per heavy atom. The Morgan fingerprint density at radius 2 is 1.10 bits per heavy atom. The van der Waals surface area contributed by atoms with Gasteiger partial charge in [0.2, 0.25) is 11.8 Å². The van der Waals surface area contributed by atoms with E-state index in [4.69, 9.17) is 0 Å². The Balaban J connectivity index is 1.52. The summed E-state index contributed by atoms with van der Waals surface area (Å²) in [5, 5.41) is 8.01. The van der Waals surface area contributed by atoms with E-state index in [0.717, 1.165) is 47.9 Å². The molecule has 0 saturated heterocycles. The van der Waals surface area contributed by atoms with E-state index in [1.807, 2.05) is 62.4 Å². The molecule has 30 heavy (non-hydrogen) atoms. The maximum atomic E-state index is 11.8. The molecule has 0 fully saturated rings. The first-order valence-electron chi connectivity index (χ1n) is 10.3. The molecule has 0 aromatic heterocycles. The molecule has 6 nitrogen and oxygen atoms in total. The summed E-state index contributed by atoms with van der Waals surface area (Å²) in [7, 11) is 0. The van der Waals surface area contributed by atoms with Crippen LogP contribution in [0.2, 0.25) is 0 Å². The SMILES string of the molecule is Cc1ccccc1C=NNC(=O)CCCCCCC(=O)NN=Cc1ccccc1C. The van der Waals surface area contributed by atoms with Gasteiger partial charge in [-0.25, -0.2) is 10.9 Å². The van der Waals surface area contributed by atoms with Gasteiger partial charge in [-0.1, -0.05) is 61.4 Å². The highest BCUT2D eigenvalue weighted by molar-refractivity contribution is 5.84. The van der Waals surface area contributed by atoms with Crippen LogP contribution in [0.25, 0.3) is 0 Å². The van der Waals surface area contributed by atoms with E-state index in [0.29, 0.717) is 12.8 Å². The van der Waals surface area contributed by atoms with Crippen LogP contribution in [0.1, 0.15) is 60.8 Å². The predicted molar refractivity (Wildman–Crippen MR) is 122 cm³/mol. The van der Waals surface area contributed by atoms with Gasteiger partial charge in [0.15, 0.2) is 0 Å². The average molecular weight is 407 g/mol. The van der Waals surface area contributed by atoms with Crippen molar-refractivity contribution in [2.45, 2.75) is 52.4 Å². The third kappa shape index (κ3) is 8.82. The monoisotopic (exact) mass is 406 g/mol. The Bertz CT molecular complexity index is 817. The van der Waals surface area contributed by atoms with Crippen LogP contribution in [-0.2, 0) is 9.59 Å². The van der Waals surface area contributed by atoms with Crippen LogP contribution in [0.15, 0.2) is 58.7 Å². The zero-order valence-electron chi connectivity index (χ0n) is 17.7. The van der Waals surface area contributed by atoms with Crippen molar-refractivity contribution in [2.75, 3.05) is 0 Å². The van der Waals surface area contributed by atoms with Gasteiger partial charge in [0.25, 0.3) is 0 Å². The van der Waals surface area contributed by atoms with Crippen molar-refractivity contribution in [3.05, 3.63) is 70.8 Å². The van der Waals surface area contributed by atoms with E-state index in [1.54, 1.807) is 12.4 Å². The minimum Gasteiger partial charge on any atom is -0.273 e. The van der Waals surface area contributed by atoms with Crippen molar-refractivity contribution in [3.63, 3.8) is 0 Å². The molecule has 2 aromatic rings. The normalized spacial score (nSPS) is 11.1. The molecule has 0 spiro atoms. The van der Waals surface area contributed by atoms with Gasteiger partial charge in [0.05, 0.1) is 12.4 Å². The quantitative estimate of drug-likeness (QED) is 0.332. The molecule has 158 valence electrons. The van der Waals surface area contributed by atoms with Crippen LogP contribution in [0.4, 0.5) is 0 Å². The molecule has 0 aliphatic rings. The molecule has 2 amide bonds. The van der Waals surface area contributed by atoms with E-state index >= 15 is 0 Å². The molecule has 0 unspecified atom stereocenters. The number of unbranched alkanes of at least 4 members (excludes halogenated alkanes) is 3. The fourth-order valence-corrected chi connectivity index (χ4v) is 2.85. The van der Waals surface area contributed by atoms with E-state index in [-0.39, 0.29) is 11.8 Å². The third-order valence-electron chi connectivity index (χ3n) is 4.72. The number of hydrogen-bond donors (Lipinski definition) is 2. The first-order valence-corrected chi connectivity index (χ1v) is 10.3. The van der Waals surface area contributed by atoms with Crippen LogP contribution in [0.5, 0.6) is 0 Å². The predicted octanol–water partition coefficient (Wildman–Crippen LogP) is 4.24. The largest absolute Gasteiger partial charge is 0.273 e. The molecule has 0 bridgehead atoms. The molecule has 0 atom stereocenters. The summed E-state index contributed by atoms with van der Waals surface area (Å²) in [6.45, 7) is 4.00. The van der Waals surface area contributed by atoms with Crippen molar-refractivity contribution >= 4 is 24.2 Å².